The number of carboxylic acids is 2. The minimum Gasteiger partial charge on any atom is -0.747 e. The first-order chi connectivity index (χ1) is 6.25. The molecular weight excluding hydrogens is 239 g/mol. The molecule has 0 aromatic rings. The second-order valence-electron chi connectivity index (χ2n) is 2.61. The van der Waals surface area contributed by atoms with E-state index in [4.69, 9.17) is 10.2 Å². The molecule has 7 nitrogen and oxygen atoms in total. The summed E-state index contributed by atoms with van der Waals surface area (Å²) >= 11 is 0. The van der Waals surface area contributed by atoms with Gasteiger partial charge in [0.05, 0.1) is 0 Å². The molecule has 0 aromatic heterocycles. The molecule has 0 rings (SSSR count). The van der Waals surface area contributed by atoms with E-state index in [-0.39, 0.29) is 42.4 Å². The molecule has 0 aliphatic heterocycles. The van der Waals surface area contributed by atoms with Gasteiger partial charge >= 0.3 is 41.5 Å². The molecule has 0 saturated heterocycles. The molecule has 1 unspecified atom stereocenters. The van der Waals surface area contributed by atoms with Crippen molar-refractivity contribution in [1.29, 1.82) is 0 Å². The molecule has 0 saturated carbocycles. The predicted octanol–water partition coefficient (Wildman–Crippen LogP) is -3.76. The van der Waals surface area contributed by atoms with Gasteiger partial charge in [-0.1, -0.05) is 0 Å². The Morgan fingerprint density at radius 1 is 1.27 bits per heavy atom. The summed E-state index contributed by atoms with van der Waals surface area (Å²) in [7, 11) is -4.90. The van der Waals surface area contributed by atoms with E-state index in [2.05, 4.69) is 0 Å². The third-order valence-electron chi connectivity index (χ3n) is 1.48. The fourth-order valence-electron chi connectivity index (χ4n) is 0.830. The Morgan fingerprint density at radius 2 is 1.73 bits per heavy atom. The van der Waals surface area contributed by atoms with Gasteiger partial charge in [0.2, 0.25) is 0 Å². The third kappa shape index (κ3) is 7.74. The molecule has 9 heteroatoms. The summed E-state index contributed by atoms with van der Waals surface area (Å²) in [4.78, 5) is 20.3. The van der Waals surface area contributed by atoms with Crippen LogP contribution < -0.4 is 29.6 Å². The zero-order valence-corrected chi connectivity index (χ0v) is 10.9. The Kier molecular flexibility index (Phi) is 8.25. The number of carbonyl (C=O) groups is 2. The molecule has 0 spiro atoms. The van der Waals surface area contributed by atoms with Gasteiger partial charge in [0.1, 0.15) is 15.4 Å². The van der Waals surface area contributed by atoms with Crippen molar-refractivity contribution in [2.24, 2.45) is 0 Å². The smallest absolute Gasteiger partial charge is 0.747 e. The van der Waals surface area contributed by atoms with Gasteiger partial charge in [0.25, 0.3) is 0 Å². The Balaban J connectivity index is 0. The van der Waals surface area contributed by atoms with Crippen molar-refractivity contribution in [2.75, 3.05) is 0 Å². The minimum atomic E-state index is -4.90. The van der Waals surface area contributed by atoms with Crippen LogP contribution in [0, 0.1) is 0 Å². The molecule has 0 bridgehead atoms. The monoisotopic (exact) mass is 248 g/mol. The molecular formula is C6H9NaO7S. The molecule has 0 heterocycles. The van der Waals surface area contributed by atoms with E-state index in [1.807, 2.05) is 0 Å². The maximum absolute atomic E-state index is 10.4. The molecule has 15 heavy (non-hydrogen) atoms. The van der Waals surface area contributed by atoms with Crippen molar-refractivity contribution < 1.29 is 62.3 Å². The molecule has 0 aromatic carbocycles. The van der Waals surface area contributed by atoms with Crippen molar-refractivity contribution in [3.63, 3.8) is 0 Å². The Hall–Kier alpha value is -0.150. The van der Waals surface area contributed by atoms with Crippen molar-refractivity contribution >= 4 is 22.1 Å². The molecule has 0 fully saturated rings. The number of hydrogen-bond acceptors (Lipinski definition) is 5. The van der Waals surface area contributed by atoms with Gasteiger partial charge < -0.3 is 14.8 Å². The van der Waals surface area contributed by atoms with Crippen molar-refractivity contribution in [1.82, 2.24) is 0 Å². The fourth-order valence-corrected chi connectivity index (χ4v) is 1.53. The normalized spacial score (nSPS) is 12.6. The van der Waals surface area contributed by atoms with Gasteiger partial charge in [0.15, 0.2) is 0 Å². The first-order valence-electron chi connectivity index (χ1n) is 3.64. The number of rotatable bonds is 6. The van der Waals surface area contributed by atoms with Gasteiger partial charge in [-0.05, 0) is 12.8 Å². The van der Waals surface area contributed by atoms with Gasteiger partial charge in [-0.3, -0.25) is 9.59 Å². The Morgan fingerprint density at radius 3 is 2.00 bits per heavy atom. The quantitative estimate of drug-likeness (QED) is 0.364. The van der Waals surface area contributed by atoms with E-state index in [0.717, 1.165) is 0 Å². The first kappa shape index (κ1) is 17.3. The summed E-state index contributed by atoms with van der Waals surface area (Å²) in [5, 5.41) is 14.5. The standard InChI is InChI=1S/C6H10O7S.Na/c7-5(8)3-1-2-4(6(9)10)14(11,12)13;/h4H,1-3H2,(H,7,8)(H,9,10)(H,11,12,13);/q;+1/p-1. The largest absolute Gasteiger partial charge is 1.00 e. The zero-order chi connectivity index (χ0) is 11.4. The van der Waals surface area contributed by atoms with Gasteiger partial charge in [-0.2, -0.15) is 0 Å². The average molecular weight is 248 g/mol. The summed E-state index contributed by atoms with van der Waals surface area (Å²) < 4.78 is 31.1. The number of aliphatic carboxylic acids is 2. The average Bonchev–Trinajstić information content (AvgIpc) is 1.94. The summed E-state index contributed by atoms with van der Waals surface area (Å²) in [5.74, 6) is -2.91. The van der Waals surface area contributed by atoms with Crippen molar-refractivity contribution in [2.45, 2.75) is 24.5 Å². The van der Waals surface area contributed by atoms with Gasteiger partial charge in [0, 0.05) is 6.42 Å². The van der Waals surface area contributed by atoms with E-state index in [9.17, 15) is 22.6 Å². The van der Waals surface area contributed by atoms with Gasteiger partial charge in [-0.15, -0.1) is 0 Å². The van der Waals surface area contributed by atoms with Crippen molar-refractivity contribution in [3.8, 4) is 0 Å². The first-order valence-corrected chi connectivity index (χ1v) is 5.11. The SMILES string of the molecule is O=C(O)CCCC(C(=O)O)S(=O)(=O)[O-].[Na+]. The van der Waals surface area contributed by atoms with E-state index in [1.165, 1.54) is 0 Å². The summed E-state index contributed by atoms with van der Waals surface area (Å²) in [6.07, 6.45) is -0.999. The topological polar surface area (TPSA) is 132 Å². The zero-order valence-electron chi connectivity index (χ0n) is 8.04. The fraction of sp³-hybridized carbons (Fsp3) is 0.667. The minimum absolute atomic E-state index is 0. The number of hydrogen-bond donors (Lipinski definition) is 2. The van der Waals surface area contributed by atoms with Crippen LogP contribution in [-0.4, -0.2) is 40.4 Å². The van der Waals surface area contributed by atoms with Crippen LogP contribution in [0.3, 0.4) is 0 Å². The maximum atomic E-state index is 10.4. The summed E-state index contributed by atoms with van der Waals surface area (Å²) in [5.41, 5.74) is 0. The van der Waals surface area contributed by atoms with Crippen LogP contribution in [0.5, 0.6) is 0 Å². The molecule has 0 aliphatic rings. The maximum Gasteiger partial charge on any atom is 1.00 e. The van der Waals surface area contributed by atoms with Crippen LogP contribution in [0.4, 0.5) is 0 Å². The Bertz CT molecular complexity index is 322. The summed E-state index contributed by atoms with van der Waals surface area (Å²) in [6.45, 7) is 0. The second kappa shape index (κ2) is 7.18. The molecule has 0 amide bonds. The molecule has 0 radical (unpaired) electrons. The second-order valence-corrected chi connectivity index (χ2v) is 4.16. The molecule has 2 N–H and O–H groups in total. The molecule has 1 atom stereocenters. The van der Waals surface area contributed by atoms with E-state index >= 15 is 0 Å². The van der Waals surface area contributed by atoms with Crippen LogP contribution in [0.25, 0.3) is 0 Å². The summed E-state index contributed by atoms with van der Waals surface area (Å²) in [6, 6.07) is 0. The van der Waals surface area contributed by atoms with Crippen LogP contribution in [0.2, 0.25) is 0 Å². The van der Waals surface area contributed by atoms with E-state index < -0.39 is 33.7 Å². The number of carboxylic acid groups (broad SMARTS) is 2. The van der Waals surface area contributed by atoms with Crippen LogP contribution in [0.15, 0.2) is 0 Å². The van der Waals surface area contributed by atoms with Crippen LogP contribution in [-0.2, 0) is 19.7 Å². The van der Waals surface area contributed by atoms with E-state index in [1.54, 1.807) is 0 Å². The van der Waals surface area contributed by atoms with E-state index in [0.29, 0.717) is 0 Å². The van der Waals surface area contributed by atoms with Crippen molar-refractivity contribution in [3.05, 3.63) is 0 Å². The molecule has 0 aliphatic carbocycles. The van der Waals surface area contributed by atoms with Gasteiger partial charge in [-0.25, -0.2) is 8.42 Å². The third-order valence-corrected chi connectivity index (χ3v) is 2.62. The Labute approximate surface area is 109 Å². The van der Waals surface area contributed by atoms with Crippen LogP contribution >= 0.6 is 0 Å². The van der Waals surface area contributed by atoms with Crippen LogP contribution in [0.1, 0.15) is 19.3 Å². The predicted molar refractivity (Wildman–Crippen MR) is 42.6 cm³/mol. The molecule has 82 valence electrons.